The molecule has 1 aromatic heterocycles. The number of rotatable bonds is 6. The predicted octanol–water partition coefficient (Wildman–Crippen LogP) is 2.47. The molecule has 0 bridgehead atoms. The van der Waals surface area contributed by atoms with Gasteiger partial charge in [0.05, 0.1) is 17.6 Å². The number of aromatic nitrogens is 2. The number of nitrogen functional groups attached to an aromatic ring is 1. The number of nitrogens with zero attached hydrogens (tertiary/aromatic N) is 2. The molecule has 0 aliphatic carbocycles. The van der Waals surface area contributed by atoms with Gasteiger partial charge in [-0.05, 0) is 38.0 Å². The molecule has 1 heterocycles. The summed E-state index contributed by atoms with van der Waals surface area (Å²) in [6, 6.07) is 5.58. The molecule has 0 fully saturated rings. The Morgan fingerprint density at radius 1 is 1.33 bits per heavy atom. The smallest absolute Gasteiger partial charge is 0.138 e. The van der Waals surface area contributed by atoms with E-state index in [4.69, 9.17) is 5.73 Å². The summed E-state index contributed by atoms with van der Waals surface area (Å²) in [5.41, 5.74) is 8.00. The van der Waals surface area contributed by atoms with Crippen molar-refractivity contribution in [3.05, 3.63) is 24.0 Å². The summed E-state index contributed by atoms with van der Waals surface area (Å²) < 4.78 is 2.02. The quantitative estimate of drug-likeness (QED) is 0.714. The van der Waals surface area contributed by atoms with E-state index in [9.17, 15) is 10.2 Å². The zero-order valence-electron chi connectivity index (χ0n) is 13.0. The van der Waals surface area contributed by atoms with Gasteiger partial charge in [0.25, 0.3) is 0 Å². The average Bonchev–Trinajstić information content (AvgIpc) is 2.82. The van der Waals surface area contributed by atoms with Crippen molar-refractivity contribution in [1.29, 1.82) is 0 Å². The third-order valence-corrected chi connectivity index (χ3v) is 4.50. The fourth-order valence-corrected chi connectivity index (χ4v) is 2.73. The monoisotopic (exact) mass is 291 g/mol. The first kappa shape index (κ1) is 15.8. The molecule has 0 saturated heterocycles. The average molecular weight is 291 g/mol. The van der Waals surface area contributed by atoms with E-state index in [1.807, 2.05) is 22.8 Å². The fourth-order valence-electron chi connectivity index (χ4n) is 2.73. The Morgan fingerprint density at radius 2 is 2.00 bits per heavy atom. The van der Waals surface area contributed by atoms with Crippen LogP contribution in [0, 0.1) is 5.41 Å². The lowest BCUT2D eigenvalue weighted by atomic mass is 9.83. The van der Waals surface area contributed by atoms with Crippen molar-refractivity contribution in [2.24, 2.45) is 5.41 Å². The Morgan fingerprint density at radius 3 is 2.52 bits per heavy atom. The standard InChI is InChI=1S/C16H25N3O2/c1-4-16(5-2,10-20)9-19-14-7-6-12(17)8-13(14)18-15(19)11(3)21/h6-8,11,20-21H,4-5,9-10,17H2,1-3H3. The van der Waals surface area contributed by atoms with Gasteiger partial charge in [0.15, 0.2) is 0 Å². The number of nitrogens with two attached hydrogens (primary N) is 1. The highest BCUT2D eigenvalue weighted by molar-refractivity contribution is 5.79. The van der Waals surface area contributed by atoms with Crippen LogP contribution >= 0.6 is 0 Å². The Kier molecular flexibility index (Phi) is 4.54. The Bertz CT molecular complexity index is 607. The minimum Gasteiger partial charge on any atom is -0.399 e. The molecule has 2 aromatic rings. The molecule has 1 aromatic carbocycles. The van der Waals surface area contributed by atoms with Crippen LogP contribution in [0.15, 0.2) is 18.2 Å². The van der Waals surface area contributed by atoms with E-state index in [2.05, 4.69) is 18.8 Å². The number of benzene rings is 1. The highest BCUT2D eigenvalue weighted by Gasteiger charge is 2.28. The summed E-state index contributed by atoms with van der Waals surface area (Å²) in [5.74, 6) is 0.621. The lowest BCUT2D eigenvalue weighted by molar-refractivity contribution is 0.0918. The molecule has 0 spiro atoms. The molecule has 4 N–H and O–H groups in total. The first-order valence-corrected chi connectivity index (χ1v) is 7.51. The molecular formula is C16H25N3O2. The molecule has 0 saturated carbocycles. The van der Waals surface area contributed by atoms with Crippen molar-refractivity contribution in [1.82, 2.24) is 9.55 Å². The molecule has 2 rings (SSSR count). The Hall–Kier alpha value is -1.59. The van der Waals surface area contributed by atoms with E-state index < -0.39 is 6.10 Å². The topological polar surface area (TPSA) is 84.3 Å². The van der Waals surface area contributed by atoms with E-state index in [-0.39, 0.29) is 12.0 Å². The van der Waals surface area contributed by atoms with Gasteiger partial charge >= 0.3 is 0 Å². The number of imidazole rings is 1. The van der Waals surface area contributed by atoms with Crippen molar-refractivity contribution in [3.63, 3.8) is 0 Å². The maximum Gasteiger partial charge on any atom is 0.138 e. The lowest BCUT2D eigenvalue weighted by Gasteiger charge is -2.31. The maximum absolute atomic E-state index is 10.0. The molecule has 1 atom stereocenters. The highest BCUT2D eigenvalue weighted by atomic mass is 16.3. The van der Waals surface area contributed by atoms with Gasteiger partial charge in [-0.25, -0.2) is 4.98 Å². The minimum absolute atomic E-state index is 0.119. The molecule has 0 radical (unpaired) electrons. The summed E-state index contributed by atoms with van der Waals surface area (Å²) in [7, 11) is 0. The summed E-state index contributed by atoms with van der Waals surface area (Å²) in [6.07, 6.45) is 1.07. The maximum atomic E-state index is 10.0. The zero-order valence-corrected chi connectivity index (χ0v) is 13.0. The molecule has 0 amide bonds. The third-order valence-electron chi connectivity index (χ3n) is 4.50. The van der Waals surface area contributed by atoms with Crippen molar-refractivity contribution < 1.29 is 10.2 Å². The normalized spacial score (nSPS) is 13.8. The van der Waals surface area contributed by atoms with Crippen LogP contribution in [0.3, 0.4) is 0 Å². The largest absolute Gasteiger partial charge is 0.399 e. The Balaban J connectivity index is 2.57. The molecule has 21 heavy (non-hydrogen) atoms. The molecule has 116 valence electrons. The van der Waals surface area contributed by atoms with Crippen LogP contribution in [0.1, 0.15) is 45.5 Å². The van der Waals surface area contributed by atoms with Gasteiger partial charge in [-0.1, -0.05) is 13.8 Å². The highest BCUT2D eigenvalue weighted by Crippen LogP contribution is 2.32. The summed E-state index contributed by atoms with van der Waals surface area (Å²) in [5, 5.41) is 19.8. The van der Waals surface area contributed by atoms with Crippen molar-refractivity contribution in [3.8, 4) is 0 Å². The van der Waals surface area contributed by atoms with E-state index in [0.29, 0.717) is 18.1 Å². The van der Waals surface area contributed by atoms with E-state index in [0.717, 1.165) is 23.9 Å². The summed E-state index contributed by atoms with van der Waals surface area (Å²) in [6.45, 7) is 6.63. The van der Waals surface area contributed by atoms with Crippen LogP contribution in [-0.2, 0) is 6.54 Å². The van der Waals surface area contributed by atoms with Gasteiger partial charge in [0.1, 0.15) is 11.9 Å². The summed E-state index contributed by atoms with van der Waals surface area (Å²) >= 11 is 0. The van der Waals surface area contributed by atoms with Gasteiger partial charge in [-0.15, -0.1) is 0 Å². The molecular weight excluding hydrogens is 266 g/mol. The molecule has 1 unspecified atom stereocenters. The Labute approximate surface area is 125 Å². The number of aliphatic hydroxyl groups excluding tert-OH is 2. The number of aliphatic hydroxyl groups is 2. The minimum atomic E-state index is -0.663. The molecule has 0 aliphatic rings. The van der Waals surface area contributed by atoms with E-state index in [1.165, 1.54) is 0 Å². The second-order valence-corrected chi connectivity index (χ2v) is 5.85. The summed E-state index contributed by atoms with van der Waals surface area (Å²) in [4.78, 5) is 4.51. The van der Waals surface area contributed by atoms with Crippen LogP contribution in [0.25, 0.3) is 11.0 Å². The zero-order chi connectivity index (χ0) is 15.6. The number of fused-ring (bicyclic) bond motifs is 1. The van der Waals surface area contributed by atoms with E-state index in [1.54, 1.807) is 6.92 Å². The van der Waals surface area contributed by atoms with Gasteiger partial charge < -0.3 is 20.5 Å². The first-order valence-electron chi connectivity index (χ1n) is 7.51. The van der Waals surface area contributed by atoms with Crippen LogP contribution in [0.5, 0.6) is 0 Å². The van der Waals surface area contributed by atoms with Gasteiger partial charge in [-0.3, -0.25) is 0 Å². The lowest BCUT2D eigenvalue weighted by Crippen LogP contribution is -2.30. The van der Waals surface area contributed by atoms with Crippen LogP contribution in [0.4, 0.5) is 5.69 Å². The molecule has 5 nitrogen and oxygen atoms in total. The fraction of sp³-hybridized carbons (Fsp3) is 0.562. The van der Waals surface area contributed by atoms with Gasteiger partial charge in [0, 0.05) is 17.6 Å². The number of hydrogen-bond donors (Lipinski definition) is 3. The van der Waals surface area contributed by atoms with E-state index >= 15 is 0 Å². The molecule has 5 heteroatoms. The van der Waals surface area contributed by atoms with Gasteiger partial charge in [-0.2, -0.15) is 0 Å². The van der Waals surface area contributed by atoms with Crippen molar-refractivity contribution in [2.45, 2.75) is 46.3 Å². The first-order chi connectivity index (χ1) is 9.96. The van der Waals surface area contributed by atoms with Gasteiger partial charge in [0.2, 0.25) is 0 Å². The van der Waals surface area contributed by atoms with Crippen molar-refractivity contribution in [2.75, 3.05) is 12.3 Å². The molecule has 0 aliphatic heterocycles. The van der Waals surface area contributed by atoms with Crippen LogP contribution < -0.4 is 5.73 Å². The van der Waals surface area contributed by atoms with Crippen molar-refractivity contribution >= 4 is 16.7 Å². The van der Waals surface area contributed by atoms with Crippen LogP contribution in [-0.4, -0.2) is 26.4 Å². The number of anilines is 1. The van der Waals surface area contributed by atoms with Crippen LogP contribution in [0.2, 0.25) is 0 Å². The second-order valence-electron chi connectivity index (χ2n) is 5.85. The predicted molar refractivity (Wildman–Crippen MR) is 84.9 cm³/mol. The SMILES string of the molecule is CCC(CC)(CO)Cn1c(C(C)O)nc2cc(N)ccc21. The third kappa shape index (κ3) is 2.89. The second kappa shape index (κ2) is 6.03. The number of hydrogen-bond acceptors (Lipinski definition) is 4.